The second kappa shape index (κ2) is 7.80. The number of amides is 1. The van der Waals surface area contributed by atoms with Gasteiger partial charge < -0.3 is 11.1 Å². The molecular formula is C14H27N3OS. The molecule has 0 spiro atoms. The Morgan fingerprint density at radius 1 is 1.32 bits per heavy atom. The highest BCUT2D eigenvalue weighted by Crippen LogP contribution is 2.18. The van der Waals surface area contributed by atoms with E-state index in [9.17, 15) is 4.79 Å². The summed E-state index contributed by atoms with van der Waals surface area (Å²) in [5.41, 5.74) is 5.61. The van der Waals surface area contributed by atoms with Gasteiger partial charge in [0.2, 0.25) is 5.91 Å². The van der Waals surface area contributed by atoms with Crippen molar-refractivity contribution in [2.24, 2.45) is 5.73 Å². The molecule has 110 valence electrons. The molecule has 0 heterocycles. The van der Waals surface area contributed by atoms with Crippen molar-refractivity contribution in [3.05, 3.63) is 0 Å². The molecule has 3 N–H and O–H groups in total. The molecule has 0 radical (unpaired) electrons. The monoisotopic (exact) mass is 285 g/mol. The van der Waals surface area contributed by atoms with Gasteiger partial charge in [-0.05, 0) is 33.6 Å². The van der Waals surface area contributed by atoms with Gasteiger partial charge in [0, 0.05) is 18.6 Å². The number of hydrogen-bond donors (Lipinski definition) is 2. The Kier molecular flexibility index (Phi) is 6.72. The first-order valence-electron chi connectivity index (χ1n) is 7.26. The van der Waals surface area contributed by atoms with Crippen LogP contribution in [0.15, 0.2) is 0 Å². The van der Waals surface area contributed by atoms with Crippen molar-refractivity contribution in [2.45, 2.75) is 71.0 Å². The van der Waals surface area contributed by atoms with Crippen LogP contribution in [-0.2, 0) is 4.79 Å². The van der Waals surface area contributed by atoms with E-state index >= 15 is 0 Å². The van der Waals surface area contributed by atoms with Gasteiger partial charge in [-0.3, -0.25) is 9.69 Å². The summed E-state index contributed by atoms with van der Waals surface area (Å²) in [5, 5.41) is 3.16. The minimum atomic E-state index is -0.191. The Balaban J connectivity index is 2.54. The third-order valence-electron chi connectivity index (χ3n) is 3.83. The lowest BCUT2D eigenvalue weighted by Gasteiger charge is -2.33. The number of nitrogens with zero attached hydrogens (tertiary/aromatic N) is 1. The highest BCUT2D eigenvalue weighted by Gasteiger charge is 2.26. The van der Waals surface area contributed by atoms with Gasteiger partial charge in [0.1, 0.15) is 0 Å². The van der Waals surface area contributed by atoms with Gasteiger partial charge in [0.05, 0.1) is 11.0 Å². The van der Waals surface area contributed by atoms with Crippen LogP contribution in [0, 0.1) is 0 Å². The van der Waals surface area contributed by atoms with Gasteiger partial charge in [-0.1, -0.05) is 31.5 Å². The molecule has 5 heteroatoms. The Bertz CT molecular complexity index is 314. The normalized spacial score (nSPS) is 18.6. The molecular weight excluding hydrogens is 258 g/mol. The number of thiocarbonyl (C=S) groups is 1. The first kappa shape index (κ1) is 16.4. The largest absolute Gasteiger partial charge is 0.392 e. The molecule has 0 saturated heterocycles. The molecule has 1 atom stereocenters. The maximum absolute atomic E-state index is 12.3. The molecule has 4 nitrogen and oxygen atoms in total. The fourth-order valence-electron chi connectivity index (χ4n) is 2.67. The van der Waals surface area contributed by atoms with Crippen LogP contribution in [0.1, 0.15) is 52.9 Å². The maximum Gasteiger partial charge on any atom is 0.237 e. The highest BCUT2D eigenvalue weighted by molar-refractivity contribution is 7.80. The van der Waals surface area contributed by atoms with Crippen molar-refractivity contribution < 1.29 is 4.79 Å². The molecule has 1 amide bonds. The summed E-state index contributed by atoms with van der Waals surface area (Å²) >= 11 is 4.96. The van der Waals surface area contributed by atoms with E-state index in [2.05, 4.69) is 19.2 Å². The second-order valence-electron chi connectivity index (χ2n) is 5.75. The third-order valence-corrected chi connectivity index (χ3v) is 3.96. The molecule has 0 aromatic carbocycles. The van der Waals surface area contributed by atoms with E-state index in [1.807, 2.05) is 11.8 Å². The van der Waals surface area contributed by atoms with Crippen molar-refractivity contribution >= 4 is 23.1 Å². The third kappa shape index (κ3) is 5.45. The molecule has 0 aromatic rings. The predicted molar refractivity (Wildman–Crippen MR) is 83.1 cm³/mol. The van der Waals surface area contributed by atoms with Crippen LogP contribution in [0.2, 0.25) is 0 Å². The van der Waals surface area contributed by atoms with E-state index in [1.54, 1.807) is 0 Å². The van der Waals surface area contributed by atoms with Gasteiger partial charge in [0.25, 0.3) is 0 Å². The van der Waals surface area contributed by atoms with Crippen molar-refractivity contribution in [1.29, 1.82) is 0 Å². The molecule has 0 aromatic heterocycles. The van der Waals surface area contributed by atoms with Crippen LogP contribution in [0.5, 0.6) is 0 Å². The fourth-order valence-corrected chi connectivity index (χ4v) is 2.82. The minimum Gasteiger partial charge on any atom is -0.392 e. The molecule has 19 heavy (non-hydrogen) atoms. The Morgan fingerprint density at radius 2 is 1.89 bits per heavy atom. The fraction of sp³-hybridized carbons (Fsp3) is 0.857. The standard InChI is InChI=1S/C14H27N3OS/c1-10(2)17(9-13(15)19)11(3)14(18)16-12-7-5-4-6-8-12/h10-12H,4-9H2,1-3H3,(H2,15,19)(H,16,18). The first-order valence-corrected chi connectivity index (χ1v) is 7.67. The van der Waals surface area contributed by atoms with Gasteiger partial charge in [-0.25, -0.2) is 0 Å². The first-order chi connectivity index (χ1) is 8.91. The zero-order valence-electron chi connectivity index (χ0n) is 12.3. The number of carbonyl (C=O) groups is 1. The van der Waals surface area contributed by atoms with Crippen molar-refractivity contribution in [3.63, 3.8) is 0 Å². The van der Waals surface area contributed by atoms with Gasteiger partial charge in [-0.2, -0.15) is 0 Å². The lowest BCUT2D eigenvalue weighted by molar-refractivity contribution is -0.127. The Hall–Kier alpha value is -0.680. The quantitative estimate of drug-likeness (QED) is 0.731. The summed E-state index contributed by atoms with van der Waals surface area (Å²) in [7, 11) is 0. The molecule has 1 unspecified atom stereocenters. The SMILES string of the molecule is CC(C)N(CC(N)=S)C(C)C(=O)NC1CCCCC1. The molecule has 0 bridgehead atoms. The molecule has 0 aliphatic heterocycles. The summed E-state index contributed by atoms with van der Waals surface area (Å²) < 4.78 is 0. The van der Waals surface area contributed by atoms with Gasteiger partial charge in [0.15, 0.2) is 0 Å². The number of rotatable bonds is 6. The van der Waals surface area contributed by atoms with Gasteiger partial charge in [-0.15, -0.1) is 0 Å². The zero-order valence-corrected chi connectivity index (χ0v) is 13.1. The predicted octanol–water partition coefficient (Wildman–Crippen LogP) is 1.82. The van der Waals surface area contributed by atoms with E-state index < -0.39 is 0 Å². The topological polar surface area (TPSA) is 58.4 Å². The van der Waals surface area contributed by atoms with E-state index in [4.69, 9.17) is 18.0 Å². The maximum atomic E-state index is 12.3. The Morgan fingerprint density at radius 3 is 2.37 bits per heavy atom. The number of nitrogens with one attached hydrogen (secondary N) is 1. The summed E-state index contributed by atoms with van der Waals surface area (Å²) in [6.07, 6.45) is 5.95. The van der Waals surface area contributed by atoms with E-state index in [1.165, 1.54) is 19.3 Å². The molecule has 1 fully saturated rings. The number of nitrogens with two attached hydrogens (primary N) is 1. The van der Waals surface area contributed by atoms with Gasteiger partial charge >= 0.3 is 0 Å². The second-order valence-corrected chi connectivity index (χ2v) is 6.28. The summed E-state index contributed by atoms with van der Waals surface area (Å²) in [6.45, 7) is 6.54. The number of hydrogen-bond acceptors (Lipinski definition) is 3. The van der Waals surface area contributed by atoms with E-state index in [-0.39, 0.29) is 18.0 Å². The van der Waals surface area contributed by atoms with Crippen LogP contribution in [0.25, 0.3) is 0 Å². The lowest BCUT2D eigenvalue weighted by atomic mass is 9.95. The summed E-state index contributed by atoms with van der Waals surface area (Å²) in [4.78, 5) is 14.8. The average molecular weight is 285 g/mol. The summed E-state index contributed by atoms with van der Waals surface area (Å²) in [6, 6.07) is 0.402. The molecule has 1 saturated carbocycles. The summed E-state index contributed by atoms with van der Waals surface area (Å²) in [5.74, 6) is 0.0943. The van der Waals surface area contributed by atoms with Crippen LogP contribution in [-0.4, -0.2) is 40.5 Å². The zero-order chi connectivity index (χ0) is 14.4. The number of carbonyl (C=O) groups excluding carboxylic acids is 1. The van der Waals surface area contributed by atoms with E-state index in [0.29, 0.717) is 17.6 Å². The van der Waals surface area contributed by atoms with E-state index in [0.717, 1.165) is 12.8 Å². The van der Waals surface area contributed by atoms with Crippen molar-refractivity contribution in [1.82, 2.24) is 10.2 Å². The average Bonchev–Trinajstić information content (AvgIpc) is 2.35. The van der Waals surface area contributed by atoms with Crippen LogP contribution < -0.4 is 11.1 Å². The van der Waals surface area contributed by atoms with Crippen LogP contribution in [0.4, 0.5) is 0 Å². The molecule has 1 aliphatic rings. The highest BCUT2D eigenvalue weighted by atomic mass is 32.1. The minimum absolute atomic E-state index is 0.0943. The lowest BCUT2D eigenvalue weighted by Crippen LogP contribution is -2.52. The smallest absolute Gasteiger partial charge is 0.237 e. The Labute approximate surface area is 122 Å². The van der Waals surface area contributed by atoms with Crippen LogP contribution in [0.3, 0.4) is 0 Å². The van der Waals surface area contributed by atoms with Crippen molar-refractivity contribution in [2.75, 3.05) is 6.54 Å². The van der Waals surface area contributed by atoms with Crippen LogP contribution >= 0.6 is 12.2 Å². The van der Waals surface area contributed by atoms with Crippen molar-refractivity contribution in [3.8, 4) is 0 Å². The molecule has 1 aliphatic carbocycles. The molecule has 1 rings (SSSR count).